The lowest BCUT2D eigenvalue weighted by Gasteiger charge is -2.07. The summed E-state index contributed by atoms with van der Waals surface area (Å²) in [7, 11) is 0. The van der Waals surface area contributed by atoms with Crippen molar-refractivity contribution in [1.29, 1.82) is 0 Å². The lowest BCUT2D eigenvalue weighted by Crippen LogP contribution is -2.00. The molecule has 128 valence electrons. The van der Waals surface area contributed by atoms with Crippen LogP contribution in [-0.2, 0) is 0 Å². The molecule has 0 aliphatic heterocycles. The third kappa shape index (κ3) is 3.29. The summed E-state index contributed by atoms with van der Waals surface area (Å²) in [6.45, 7) is 0. The van der Waals surface area contributed by atoms with Crippen molar-refractivity contribution in [3.63, 3.8) is 0 Å². The van der Waals surface area contributed by atoms with Crippen LogP contribution in [0.15, 0.2) is 60.8 Å². The highest BCUT2D eigenvalue weighted by atomic mass is 35.5. The van der Waals surface area contributed by atoms with E-state index in [1.165, 1.54) is 16.9 Å². The Labute approximate surface area is 158 Å². The molecule has 5 nitrogen and oxygen atoms in total. The van der Waals surface area contributed by atoms with E-state index in [2.05, 4.69) is 20.4 Å². The van der Waals surface area contributed by atoms with E-state index in [0.29, 0.717) is 38.4 Å². The number of benzene rings is 2. The average Bonchev–Trinajstić information content (AvgIpc) is 3.12. The Kier molecular flexibility index (Phi) is 4.36. The van der Waals surface area contributed by atoms with E-state index in [9.17, 15) is 4.39 Å². The summed E-state index contributed by atoms with van der Waals surface area (Å²) in [6.07, 6.45) is 1.64. The van der Waals surface area contributed by atoms with Crippen LogP contribution in [0.2, 0.25) is 10.0 Å². The predicted molar refractivity (Wildman–Crippen MR) is 97.8 cm³/mol. The number of rotatable bonds is 3. The molecule has 0 aliphatic carbocycles. The van der Waals surface area contributed by atoms with E-state index in [1.807, 2.05) is 6.07 Å². The van der Waals surface area contributed by atoms with Crippen molar-refractivity contribution in [2.24, 2.45) is 0 Å². The SMILES string of the molecule is Fc1cc(-c2ccc(Cl)cc2Cl)cc(-n2nnc(-c3ccccn3)n2)c1. The van der Waals surface area contributed by atoms with Crippen molar-refractivity contribution >= 4 is 23.2 Å². The zero-order chi connectivity index (χ0) is 18.1. The molecular formula is C18H10Cl2FN5. The normalized spacial score (nSPS) is 10.9. The fourth-order valence-corrected chi connectivity index (χ4v) is 3.01. The third-order valence-electron chi connectivity index (χ3n) is 3.66. The van der Waals surface area contributed by atoms with Crippen molar-refractivity contribution in [1.82, 2.24) is 25.2 Å². The Morgan fingerprint density at radius 2 is 1.85 bits per heavy atom. The van der Waals surface area contributed by atoms with Gasteiger partial charge in [-0.1, -0.05) is 35.3 Å². The predicted octanol–water partition coefficient (Wildman–Crippen LogP) is 4.84. The minimum atomic E-state index is -0.444. The molecule has 0 N–H and O–H groups in total. The fraction of sp³-hybridized carbons (Fsp3) is 0. The van der Waals surface area contributed by atoms with Crippen molar-refractivity contribution in [3.05, 3.63) is 76.7 Å². The van der Waals surface area contributed by atoms with Gasteiger partial charge in [0, 0.05) is 27.9 Å². The van der Waals surface area contributed by atoms with Crippen LogP contribution >= 0.6 is 23.2 Å². The van der Waals surface area contributed by atoms with Crippen LogP contribution in [0.1, 0.15) is 0 Å². The van der Waals surface area contributed by atoms with E-state index < -0.39 is 5.82 Å². The van der Waals surface area contributed by atoms with E-state index in [4.69, 9.17) is 23.2 Å². The summed E-state index contributed by atoms with van der Waals surface area (Å²) >= 11 is 12.2. The van der Waals surface area contributed by atoms with Gasteiger partial charge in [0.05, 0.1) is 5.69 Å². The summed E-state index contributed by atoms with van der Waals surface area (Å²) < 4.78 is 14.2. The van der Waals surface area contributed by atoms with Crippen LogP contribution in [0.4, 0.5) is 4.39 Å². The standard InChI is InChI=1S/C18H10Cl2FN5/c19-12-4-5-15(16(20)9-12)11-7-13(21)10-14(8-11)26-24-18(23-25-26)17-3-1-2-6-22-17/h1-10H. The molecule has 2 aromatic carbocycles. The van der Waals surface area contributed by atoms with Gasteiger partial charge >= 0.3 is 0 Å². The number of halogens is 3. The minimum absolute atomic E-state index is 0.348. The minimum Gasteiger partial charge on any atom is -0.253 e. The maximum atomic E-state index is 14.2. The Hall–Kier alpha value is -2.83. The summed E-state index contributed by atoms with van der Waals surface area (Å²) in [5.74, 6) is -0.0962. The van der Waals surface area contributed by atoms with Gasteiger partial charge in [0.2, 0.25) is 5.82 Å². The molecule has 2 aromatic heterocycles. The zero-order valence-electron chi connectivity index (χ0n) is 13.1. The summed E-state index contributed by atoms with van der Waals surface area (Å²) in [6, 6.07) is 14.8. The first kappa shape index (κ1) is 16.6. The molecular weight excluding hydrogens is 376 g/mol. The van der Waals surface area contributed by atoms with Crippen molar-refractivity contribution in [2.75, 3.05) is 0 Å². The molecule has 4 rings (SSSR count). The van der Waals surface area contributed by atoms with Crippen LogP contribution in [-0.4, -0.2) is 25.2 Å². The van der Waals surface area contributed by atoms with Gasteiger partial charge in [-0.15, -0.1) is 15.0 Å². The molecule has 0 unspecified atom stereocenters. The van der Waals surface area contributed by atoms with Gasteiger partial charge in [0.15, 0.2) is 0 Å². The van der Waals surface area contributed by atoms with E-state index in [0.717, 1.165) is 0 Å². The number of hydrogen-bond donors (Lipinski definition) is 0. The Balaban J connectivity index is 1.76. The Morgan fingerprint density at radius 1 is 0.962 bits per heavy atom. The Bertz CT molecular complexity index is 1080. The fourth-order valence-electron chi connectivity index (χ4n) is 2.49. The van der Waals surface area contributed by atoms with Crippen molar-refractivity contribution < 1.29 is 4.39 Å². The highest BCUT2D eigenvalue weighted by Crippen LogP contribution is 2.32. The quantitative estimate of drug-likeness (QED) is 0.506. The van der Waals surface area contributed by atoms with Crippen LogP contribution < -0.4 is 0 Å². The second-order valence-electron chi connectivity index (χ2n) is 5.44. The number of nitrogens with zero attached hydrogens (tertiary/aromatic N) is 5. The topological polar surface area (TPSA) is 56.5 Å². The van der Waals surface area contributed by atoms with Gasteiger partial charge in [0.1, 0.15) is 11.5 Å². The monoisotopic (exact) mass is 385 g/mol. The van der Waals surface area contributed by atoms with Crippen molar-refractivity contribution in [2.45, 2.75) is 0 Å². The number of pyridine rings is 1. The second-order valence-corrected chi connectivity index (χ2v) is 6.28. The number of aromatic nitrogens is 5. The molecule has 0 spiro atoms. The number of tetrazole rings is 1. The molecule has 4 aromatic rings. The third-order valence-corrected chi connectivity index (χ3v) is 4.21. The lowest BCUT2D eigenvalue weighted by atomic mass is 10.0. The molecule has 0 amide bonds. The molecule has 0 fully saturated rings. The Morgan fingerprint density at radius 3 is 2.62 bits per heavy atom. The molecule has 0 radical (unpaired) electrons. The summed E-state index contributed by atoms with van der Waals surface area (Å²) in [4.78, 5) is 5.43. The molecule has 0 bridgehead atoms. The molecule has 0 atom stereocenters. The van der Waals surface area contributed by atoms with Crippen LogP contribution in [0, 0.1) is 5.82 Å². The molecule has 0 saturated carbocycles. The van der Waals surface area contributed by atoms with Crippen molar-refractivity contribution in [3.8, 4) is 28.3 Å². The molecule has 26 heavy (non-hydrogen) atoms. The molecule has 0 aliphatic rings. The maximum absolute atomic E-state index is 14.2. The largest absolute Gasteiger partial charge is 0.253 e. The van der Waals surface area contributed by atoms with Gasteiger partial charge in [-0.2, -0.15) is 0 Å². The number of hydrogen-bond acceptors (Lipinski definition) is 4. The summed E-state index contributed by atoms with van der Waals surface area (Å²) in [5.41, 5.74) is 2.23. The van der Waals surface area contributed by atoms with Gasteiger partial charge in [0.25, 0.3) is 0 Å². The zero-order valence-corrected chi connectivity index (χ0v) is 14.7. The highest BCUT2D eigenvalue weighted by molar-refractivity contribution is 6.36. The van der Waals surface area contributed by atoms with Gasteiger partial charge in [-0.05, 0) is 47.2 Å². The van der Waals surface area contributed by atoms with E-state index in [1.54, 1.807) is 42.6 Å². The van der Waals surface area contributed by atoms with E-state index >= 15 is 0 Å². The smallest absolute Gasteiger partial charge is 0.223 e. The molecule has 8 heteroatoms. The average molecular weight is 386 g/mol. The van der Waals surface area contributed by atoms with Gasteiger partial charge in [-0.3, -0.25) is 4.98 Å². The first-order valence-corrected chi connectivity index (χ1v) is 8.33. The summed E-state index contributed by atoms with van der Waals surface area (Å²) in [5, 5.41) is 13.2. The highest BCUT2D eigenvalue weighted by Gasteiger charge is 2.12. The van der Waals surface area contributed by atoms with Crippen LogP contribution in [0.3, 0.4) is 0 Å². The lowest BCUT2D eigenvalue weighted by molar-refractivity contribution is 0.621. The van der Waals surface area contributed by atoms with Gasteiger partial charge < -0.3 is 0 Å². The molecule has 0 saturated heterocycles. The first-order valence-electron chi connectivity index (χ1n) is 7.58. The first-order chi connectivity index (χ1) is 12.6. The van der Waals surface area contributed by atoms with Gasteiger partial charge in [-0.25, -0.2) is 4.39 Å². The molecule has 2 heterocycles. The van der Waals surface area contributed by atoms with Crippen LogP contribution in [0.5, 0.6) is 0 Å². The van der Waals surface area contributed by atoms with E-state index in [-0.39, 0.29) is 0 Å². The maximum Gasteiger partial charge on any atom is 0.223 e. The second kappa shape index (κ2) is 6.82. The van der Waals surface area contributed by atoms with Crippen LogP contribution in [0.25, 0.3) is 28.3 Å².